The predicted octanol–water partition coefficient (Wildman–Crippen LogP) is 4.09. The molecule has 0 aliphatic heterocycles. The van der Waals surface area contributed by atoms with E-state index in [1.165, 1.54) is 36.7 Å². The lowest BCUT2D eigenvalue weighted by molar-refractivity contribution is 0.102. The normalized spacial score (nSPS) is 13.1. The van der Waals surface area contributed by atoms with Crippen molar-refractivity contribution >= 4 is 22.9 Å². The Labute approximate surface area is 191 Å². The number of rotatable bonds is 4. The summed E-state index contributed by atoms with van der Waals surface area (Å²) < 4.78 is 14.6. The summed E-state index contributed by atoms with van der Waals surface area (Å²) in [6, 6.07) is 9.14. The molecule has 1 amide bonds. The first-order chi connectivity index (χ1) is 16.1. The van der Waals surface area contributed by atoms with Crippen molar-refractivity contribution in [3.05, 3.63) is 69.4 Å². The smallest absolute Gasteiger partial charge is 0.262 e. The summed E-state index contributed by atoms with van der Waals surface area (Å²) in [7, 11) is 0. The van der Waals surface area contributed by atoms with Gasteiger partial charge in [-0.15, -0.1) is 21.5 Å². The van der Waals surface area contributed by atoms with E-state index in [-0.39, 0.29) is 11.4 Å². The van der Waals surface area contributed by atoms with Crippen LogP contribution in [0.2, 0.25) is 0 Å². The number of carbonyl (C=O) groups excluding carboxylic acids is 1. The second kappa shape index (κ2) is 8.80. The number of aromatic amines is 1. The molecule has 8 nitrogen and oxygen atoms in total. The Bertz CT molecular complexity index is 1360. The molecule has 1 saturated carbocycles. The molecule has 1 aliphatic rings. The van der Waals surface area contributed by atoms with E-state index in [2.05, 4.69) is 48.1 Å². The van der Waals surface area contributed by atoms with Crippen LogP contribution in [0, 0.1) is 17.7 Å². The van der Waals surface area contributed by atoms with Gasteiger partial charge in [-0.3, -0.25) is 4.79 Å². The number of phenolic OH excluding ortho intramolecular Hbond substituents is 1. The van der Waals surface area contributed by atoms with Crippen LogP contribution in [0.1, 0.15) is 51.8 Å². The van der Waals surface area contributed by atoms with E-state index >= 15 is 0 Å². The van der Waals surface area contributed by atoms with Crippen LogP contribution in [-0.4, -0.2) is 36.6 Å². The fourth-order valence-electron chi connectivity index (χ4n) is 3.46. The Morgan fingerprint density at radius 2 is 2.12 bits per heavy atom. The number of hydrogen-bond donors (Lipinski definition) is 3. The summed E-state index contributed by atoms with van der Waals surface area (Å²) in [5.41, 5.74) is 1.91. The number of hydrogen-bond acceptors (Lipinski definition) is 7. The number of amides is 1. The molecule has 2 aromatic carbocycles. The number of nitrogens with one attached hydrogen (secondary N) is 2. The maximum absolute atomic E-state index is 14.6. The molecule has 0 spiro atoms. The zero-order chi connectivity index (χ0) is 22.8. The van der Waals surface area contributed by atoms with Crippen molar-refractivity contribution in [2.75, 3.05) is 5.32 Å². The van der Waals surface area contributed by atoms with Crippen LogP contribution in [-0.2, 0) is 0 Å². The Hall–Kier alpha value is -4.10. The minimum atomic E-state index is -0.908. The number of halogens is 1. The summed E-state index contributed by atoms with van der Waals surface area (Å²) in [4.78, 5) is 17.2. The van der Waals surface area contributed by atoms with Gasteiger partial charge in [0.2, 0.25) is 5.82 Å². The van der Waals surface area contributed by atoms with Crippen LogP contribution >= 0.6 is 11.3 Å². The molecule has 0 bridgehead atoms. The second-order valence-electron chi connectivity index (χ2n) is 7.58. The van der Waals surface area contributed by atoms with Gasteiger partial charge in [0.1, 0.15) is 17.1 Å². The van der Waals surface area contributed by atoms with Gasteiger partial charge in [0.25, 0.3) is 5.91 Å². The van der Waals surface area contributed by atoms with Gasteiger partial charge in [-0.2, -0.15) is 5.21 Å². The van der Waals surface area contributed by atoms with E-state index in [0.717, 1.165) is 16.8 Å². The van der Waals surface area contributed by atoms with Crippen LogP contribution < -0.4 is 5.32 Å². The minimum absolute atomic E-state index is 0.0995. The Morgan fingerprint density at radius 1 is 1.24 bits per heavy atom. The van der Waals surface area contributed by atoms with Crippen molar-refractivity contribution in [1.82, 2.24) is 25.6 Å². The number of aromatic nitrogens is 5. The van der Waals surface area contributed by atoms with Gasteiger partial charge >= 0.3 is 0 Å². The Morgan fingerprint density at radius 3 is 2.85 bits per heavy atom. The third-order valence-corrected chi connectivity index (χ3v) is 6.16. The molecule has 2 heterocycles. The van der Waals surface area contributed by atoms with Gasteiger partial charge in [-0.05, 0) is 54.3 Å². The molecular weight excluding hydrogens is 443 g/mol. The van der Waals surface area contributed by atoms with Crippen LogP contribution in [0.3, 0.4) is 0 Å². The number of thiazole rings is 1. The third-order valence-electron chi connectivity index (χ3n) is 5.38. The molecule has 0 saturated heterocycles. The zero-order valence-electron chi connectivity index (χ0n) is 17.2. The van der Waals surface area contributed by atoms with Gasteiger partial charge in [0.15, 0.2) is 5.01 Å². The van der Waals surface area contributed by atoms with Crippen molar-refractivity contribution in [1.29, 1.82) is 0 Å². The molecular formula is C23H17FN6O2S. The summed E-state index contributed by atoms with van der Waals surface area (Å²) in [5, 5.41) is 28.8. The van der Waals surface area contributed by atoms with Gasteiger partial charge in [0.05, 0.1) is 5.69 Å². The number of anilines is 1. The number of carbonyl (C=O) groups is 1. The lowest BCUT2D eigenvalue weighted by atomic mass is 9.83. The number of aromatic hydroxyl groups is 1. The molecule has 1 aliphatic carbocycles. The summed E-state index contributed by atoms with van der Waals surface area (Å²) in [6.45, 7) is 0. The average Bonchev–Trinajstić information content (AvgIpc) is 3.43. The number of tetrazole rings is 1. The first-order valence-corrected chi connectivity index (χ1v) is 11.1. The molecule has 3 N–H and O–H groups in total. The first-order valence-electron chi connectivity index (χ1n) is 10.2. The van der Waals surface area contributed by atoms with Gasteiger partial charge in [0, 0.05) is 28.1 Å². The zero-order valence-corrected chi connectivity index (χ0v) is 18.0. The minimum Gasteiger partial charge on any atom is -0.507 e. The van der Waals surface area contributed by atoms with Crippen molar-refractivity contribution < 1.29 is 14.3 Å². The molecule has 10 heteroatoms. The second-order valence-corrected chi connectivity index (χ2v) is 8.44. The van der Waals surface area contributed by atoms with Gasteiger partial charge in [-0.25, -0.2) is 9.37 Å². The van der Waals surface area contributed by atoms with Crippen molar-refractivity contribution in [2.24, 2.45) is 0 Å². The van der Waals surface area contributed by atoms with E-state index in [9.17, 15) is 14.3 Å². The van der Waals surface area contributed by atoms with E-state index in [0.29, 0.717) is 17.2 Å². The molecule has 33 heavy (non-hydrogen) atoms. The molecule has 0 atom stereocenters. The quantitative estimate of drug-likeness (QED) is 0.395. The first kappa shape index (κ1) is 20.8. The van der Waals surface area contributed by atoms with Crippen molar-refractivity contribution in [2.45, 2.75) is 25.2 Å². The van der Waals surface area contributed by atoms with Crippen LogP contribution in [0.15, 0.2) is 41.8 Å². The fourth-order valence-corrected chi connectivity index (χ4v) is 4.20. The highest BCUT2D eigenvalue weighted by atomic mass is 32.1. The highest BCUT2D eigenvalue weighted by Gasteiger charge is 2.22. The van der Waals surface area contributed by atoms with E-state index < -0.39 is 23.0 Å². The van der Waals surface area contributed by atoms with Crippen LogP contribution in [0.25, 0.3) is 11.4 Å². The van der Waals surface area contributed by atoms with Crippen molar-refractivity contribution in [3.63, 3.8) is 0 Å². The molecule has 5 rings (SSSR count). The van der Waals surface area contributed by atoms with Gasteiger partial charge < -0.3 is 10.4 Å². The largest absolute Gasteiger partial charge is 0.507 e. The lowest BCUT2D eigenvalue weighted by Gasteiger charge is -2.22. The average molecular weight is 460 g/mol. The predicted molar refractivity (Wildman–Crippen MR) is 120 cm³/mol. The summed E-state index contributed by atoms with van der Waals surface area (Å²) in [6.07, 6.45) is 3.63. The third kappa shape index (κ3) is 4.44. The molecule has 0 unspecified atom stereocenters. The fraction of sp³-hybridized carbons (Fsp3) is 0.174. The lowest BCUT2D eigenvalue weighted by Crippen LogP contribution is -2.14. The van der Waals surface area contributed by atoms with Crippen LogP contribution in [0.4, 0.5) is 10.1 Å². The number of nitrogens with zero attached hydrogens (tertiary/aromatic N) is 4. The van der Waals surface area contributed by atoms with Crippen LogP contribution in [0.5, 0.6) is 5.75 Å². The maximum Gasteiger partial charge on any atom is 0.262 e. The number of H-pyrrole nitrogens is 1. The van der Waals surface area contributed by atoms with E-state index in [1.807, 2.05) is 0 Å². The van der Waals surface area contributed by atoms with Gasteiger partial charge in [-0.1, -0.05) is 18.4 Å². The summed E-state index contributed by atoms with van der Waals surface area (Å²) in [5.74, 6) is 4.54. The highest BCUT2D eigenvalue weighted by molar-refractivity contribution is 7.10. The standard InChI is InChI=1S/C23H17FN6O2S/c24-17-10-15(22-27-29-30-28-22)11-19(31)21(17)23(32)25-16-6-1-3-13(9-16)7-8-20-26-18(12-33-20)14-4-2-5-14/h1,3,6,9-12,14,31H,2,4-5H2,(H,25,32)(H,27,28,29,30). The van der Waals surface area contributed by atoms with E-state index in [1.54, 1.807) is 24.3 Å². The summed E-state index contributed by atoms with van der Waals surface area (Å²) >= 11 is 1.52. The molecule has 1 fully saturated rings. The van der Waals surface area contributed by atoms with E-state index in [4.69, 9.17) is 0 Å². The number of benzene rings is 2. The monoisotopic (exact) mass is 460 g/mol. The van der Waals surface area contributed by atoms with Crippen molar-refractivity contribution in [3.8, 4) is 29.0 Å². The molecule has 2 aromatic heterocycles. The topological polar surface area (TPSA) is 117 Å². The molecule has 164 valence electrons. The Balaban J connectivity index is 1.32. The Kier molecular flexibility index (Phi) is 5.54. The molecule has 0 radical (unpaired) electrons. The highest BCUT2D eigenvalue weighted by Crippen LogP contribution is 2.36. The number of phenols is 1. The molecule has 4 aromatic rings. The SMILES string of the molecule is O=C(Nc1cccc(C#Cc2nc(C3CCC3)cs2)c1)c1c(O)cc(-c2nn[nH]n2)cc1F. The maximum atomic E-state index is 14.6.